The number of carbonyl (C=O) groups is 1. The number of amides is 1. The minimum absolute atomic E-state index is 0.132. The van der Waals surface area contributed by atoms with Crippen LogP contribution in [0.2, 0.25) is 5.02 Å². The van der Waals surface area contributed by atoms with E-state index in [1.54, 1.807) is 6.07 Å². The zero-order chi connectivity index (χ0) is 19.0. The zero-order valence-electron chi connectivity index (χ0n) is 14.8. The Morgan fingerprint density at radius 2 is 2.04 bits per heavy atom. The van der Waals surface area contributed by atoms with Gasteiger partial charge in [0.15, 0.2) is 0 Å². The number of carbonyl (C=O) groups excluding carboxylic acids is 1. The number of fused-ring (bicyclic) bond motifs is 2. The Kier molecular flexibility index (Phi) is 4.59. The molecule has 138 valence electrons. The number of aliphatic hydroxyl groups is 1. The summed E-state index contributed by atoms with van der Waals surface area (Å²) in [7, 11) is 0. The highest BCUT2D eigenvalue weighted by Gasteiger charge is 2.15. The largest absolute Gasteiger partial charge is 0.396 e. The monoisotopic (exact) mass is 382 g/mol. The number of aromatic amines is 2. The van der Waals surface area contributed by atoms with E-state index in [4.69, 9.17) is 16.7 Å². The minimum Gasteiger partial charge on any atom is -0.396 e. The van der Waals surface area contributed by atoms with Gasteiger partial charge in [0.25, 0.3) is 5.91 Å². The quantitative estimate of drug-likeness (QED) is 0.417. The number of imidazole rings is 1. The maximum absolute atomic E-state index is 12.7. The second-order valence-electron chi connectivity index (χ2n) is 6.51. The second-order valence-corrected chi connectivity index (χ2v) is 6.95. The number of aryl methyl sites for hydroxylation is 2. The van der Waals surface area contributed by atoms with Crippen molar-refractivity contribution in [3.8, 4) is 0 Å². The molecule has 0 aliphatic rings. The van der Waals surface area contributed by atoms with Crippen molar-refractivity contribution < 1.29 is 9.90 Å². The number of nitrogens with one attached hydrogen (secondary N) is 3. The van der Waals surface area contributed by atoms with E-state index in [9.17, 15) is 4.79 Å². The third kappa shape index (κ3) is 3.41. The molecule has 7 heteroatoms. The van der Waals surface area contributed by atoms with Crippen molar-refractivity contribution in [1.82, 2.24) is 15.0 Å². The van der Waals surface area contributed by atoms with Crippen LogP contribution in [0.3, 0.4) is 0 Å². The molecule has 0 bridgehead atoms. The molecule has 4 N–H and O–H groups in total. The zero-order valence-corrected chi connectivity index (χ0v) is 15.5. The van der Waals surface area contributed by atoms with Gasteiger partial charge >= 0.3 is 0 Å². The first kappa shape index (κ1) is 17.6. The van der Waals surface area contributed by atoms with Crippen LogP contribution < -0.4 is 5.32 Å². The first-order valence-corrected chi connectivity index (χ1v) is 9.11. The Labute approximate surface area is 160 Å². The molecule has 0 saturated heterocycles. The molecule has 1 amide bonds. The summed E-state index contributed by atoms with van der Waals surface area (Å²) >= 11 is 6.06. The molecular formula is C20H19ClN4O2. The molecule has 2 aromatic carbocycles. The van der Waals surface area contributed by atoms with Crippen LogP contribution in [0.15, 0.2) is 36.4 Å². The molecule has 2 aromatic heterocycles. The van der Waals surface area contributed by atoms with Crippen molar-refractivity contribution in [2.45, 2.75) is 19.8 Å². The van der Waals surface area contributed by atoms with Gasteiger partial charge in [-0.05, 0) is 55.3 Å². The molecule has 4 rings (SSSR count). The summed E-state index contributed by atoms with van der Waals surface area (Å²) in [6.45, 7) is 2.03. The van der Waals surface area contributed by atoms with Crippen molar-refractivity contribution in [2.75, 3.05) is 11.9 Å². The average molecular weight is 383 g/mol. The van der Waals surface area contributed by atoms with E-state index in [-0.39, 0.29) is 12.5 Å². The van der Waals surface area contributed by atoms with Gasteiger partial charge in [-0.1, -0.05) is 11.6 Å². The van der Waals surface area contributed by atoms with E-state index in [1.165, 1.54) is 0 Å². The number of H-pyrrole nitrogens is 2. The smallest absolute Gasteiger partial charge is 0.272 e. The molecule has 27 heavy (non-hydrogen) atoms. The molecule has 0 aliphatic heterocycles. The third-order valence-corrected chi connectivity index (χ3v) is 4.84. The Morgan fingerprint density at radius 3 is 2.85 bits per heavy atom. The van der Waals surface area contributed by atoms with Gasteiger partial charge in [-0.2, -0.15) is 0 Å². The number of rotatable bonds is 5. The fraction of sp³-hybridized carbons (Fsp3) is 0.200. The Bertz CT molecular complexity index is 1150. The standard InChI is InChI=1S/C20H19ClN4O2/c1-11-14-9-12(21)4-6-15(14)25-19(11)20(27)22-13-5-7-16-17(10-13)24-18(23-16)3-2-8-26/h4-7,9-10,25-26H,2-3,8H2,1H3,(H,22,27)(H,23,24). The van der Waals surface area contributed by atoms with Crippen LogP contribution in [0.4, 0.5) is 5.69 Å². The van der Waals surface area contributed by atoms with Gasteiger partial charge in [0.1, 0.15) is 11.5 Å². The van der Waals surface area contributed by atoms with Gasteiger partial charge in [0.05, 0.1) is 11.0 Å². The van der Waals surface area contributed by atoms with Crippen molar-refractivity contribution >= 4 is 45.1 Å². The molecular weight excluding hydrogens is 364 g/mol. The lowest BCUT2D eigenvalue weighted by molar-refractivity contribution is 0.102. The normalized spacial score (nSPS) is 11.4. The average Bonchev–Trinajstić information content (AvgIpc) is 3.20. The van der Waals surface area contributed by atoms with Crippen molar-refractivity contribution in [1.29, 1.82) is 0 Å². The number of nitrogens with zero attached hydrogens (tertiary/aromatic N) is 1. The highest BCUT2D eigenvalue weighted by Crippen LogP contribution is 2.26. The summed E-state index contributed by atoms with van der Waals surface area (Å²) in [6.07, 6.45) is 1.34. The first-order chi connectivity index (χ1) is 13.0. The maximum Gasteiger partial charge on any atom is 0.272 e. The topological polar surface area (TPSA) is 93.8 Å². The molecule has 0 fully saturated rings. The minimum atomic E-state index is -0.209. The summed E-state index contributed by atoms with van der Waals surface area (Å²) in [6, 6.07) is 11.1. The number of hydrogen-bond donors (Lipinski definition) is 4. The number of benzene rings is 2. The molecule has 4 aromatic rings. The third-order valence-electron chi connectivity index (χ3n) is 4.61. The number of hydrogen-bond acceptors (Lipinski definition) is 3. The maximum atomic E-state index is 12.7. The molecule has 0 atom stereocenters. The van der Waals surface area contributed by atoms with Crippen molar-refractivity contribution in [2.24, 2.45) is 0 Å². The molecule has 6 nitrogen and oxygen atoms in total. The molecule has 0 radical (unpaired) electrons. The summed E-state index contributed by atoms with van der Waals surface area (Å²) in [5, 5.41) is 13.4. The molecule has 0 spiro atoms. The summed E-state index contributed by atoms with van der Waals surface area (Å²) < 4.78 is 0. The highest BCUT2D eigenvalue weighted by atomic mass is 35.5. The lowest BCUT2D eigenvalue weighted by Gasteiger charge is -2.04. The Morgan fingerprint density at radius 1 is 1.19 bits per heavy atom. The first-order valence-electron chi connectivity index (χ1n) is 8.74. The number of aliphatic hydroxyl groups excluding tert-OH is 1. The van der Waals surface area contributed by atoms with Gasteiger partial charge in [-0.3, -0.25) is 4.79 Å². The predicted octanol–water partition coefficient (Wildman–Crippen LogP) is 4.18. The lowest BCUT2D eigenvalue weighted by Crippen LogP contribution is -2.13. The summed E-state index contributed by atoms with van der Waals surface area (Å²) in [5.74, 6) is 0.616. The van der Waals surface area contributed by atoms with Gasteiger partial charge < -0.3 is 20.4 Å². The van der Waals surface area contributed by atoms with Crippen molar-refractivity contribution in [3.63, 3.8) is 0 Å². The number of aromatic nitrogens is 3. The van der Waals surface area contributed by atoms with E-state index >= 15 is 0 Å². The van der Waals surface area contributed by atoms with E-state index in [0.717, 1.165) is 33.3 Å². The highest BCUT2D eigenvalue weighted by molar-refractivity contribution is 6.31. The second kappa shape index (κ2) is 7.06. The van der Waals surface area contributed by atoms with Crippen LogP contribution >= 0.6 is 11.6 Å². The number of halogens is 1. The van der Waals surface area contributed by atoms with Gasteiger partial charge in [0, 0.05) is 34.6 Å². The van der Waals surface area contributed by atoms with Crippen LogP contribution in [0.1, 0.15) is 28.3 Å². The van der Waals surface area contributed by atoms with Gasteiger partial charge in [-0.15, -0.1) is 0 Å². The Balaban J connectivity index is 1.60. The van der Waals surface area contributed by atoms with E-state index < -0.39 is 0 Å². The predicted molar refractivity (Wildman–Crippen MR) is 107 cm³/mol. The summed E-state index contributed by atoms with van der Waals surface area (Å²) in [5.41, 5.74) is 4.61. The fourth-order valence-corrected chi connectivity index (χ4v) is 3.40. The van der Waals surface area contributed by atoms with Crippen LogP contribution in [0.5, 0.6) is 0 Å². The Hall–Kier alpha value is -2.83. The molecule has 0 saturated carbocycles. The lowest BCUT2D eigenvalue weighted by atomic mass is 10.1. The molecule has 2 heterocycles. The van der Waals surface area contributed by atoms with Crippen LogP contribution in [-0.4, -0.2) is 32.6 Å². The SMILES string of the molecule is Cc1c(C(=O)Nc2ccc3nc(CCCO)[nH]c3c2)[nH]c2ccc(Cl)cc12. The van der Waals surface area contributed by atoms with Gasteiger partial charge in [-0.25, -0.2) is 4.98 Å². The van der Waals surface area contributed by atoms with Gasteiger partial charge in [0.2, 0.25) is 0 Å². The summed E-state index contributed by atoms with van der Waals surface area (Å²) in [4.78, 5) is 23.6. The van der Waals surface area contributed by atoms with E-state index in [0.29, 0.717) is 29.2 Å². The van der Waals surface area contributed by atoms with E-state index in [2.05, 4.69) is 20.3 Å². The molecule has 0 unspecified atom stereocenters. The molecule has 0 aliphatic carbocycles. The van der Waals surface area contributed by atoms with E-state index in [1.807, 2.05) is 37.3 Å². The van der Waals surface area contributed by atoms with Crippen LogP contribution in [0.25, 0.3) is 21.9 Å². The van der Waals surface area contributed by atoms with Crippen LogP contribution in [-0.2, 0) is 6.42 Å². The number of anilines is 1. The fourth-order valence-electron chi connectivity index (χ4n) is 3.22. The van der Waals surface area contributed by atoms with Crippen molar-refractivity contribution in [3.05, 3.63) is 58.5 Å². The van der Waals surface area contributed by atoms with Crippen LogP contribution in [0, 0.1) is 6.92 Å².